The molecule has 0 unspecified atom stereocenters. The Morgan fingerprint density at radius 2 is 2.18 bits per heavy atom. The standard InChI is InChI=1S/C13H22N2OS/c1-10(2)15(9-11-6-5-7-17-11)12(16)8-13(3,4)14/h5-7,10H,8-9,14H2,1-4H3. The van der Waals surface area contributed by atoms with Crippen LogP contribution in [0.4, 0.5) is 0 Å². The van der Waals surface area contributed by atoms with Gasteiger partial charge in [0.05, 0.1) is 6.54 Å². The second-order valence-electron chi connectivity index (χ2n) is 5.36. The first-order valence-corrected chi connectivity index (χ1v) is 6.78. The lowest BCUT2D eigenvalue weighted by Crippen LogP contribution is -2.43. The van der Waals surface area contributed by atoms with Gasteiger partial charge in [0.15, 0.2) is 0 Å². The fraction of sp³-hybridized carbons (Fsp3) is 0.615. The number of thiophene rings is 1. The molecule has 1 rings (SSSR count). The molecule has 4 heteroatoms. The Labute approximate surface area is 108 Å². The van der Waals surface area contributed by atoms with E-state index >= 15 is 0 Å². The maximum atomic E-state index is 12.2. The van der Waals surface area contributed by atoms with Gasteiger partial charge in [0.25, 0.3) is 0 Å². The molecular weight excluding hydrogens is 232 g/mol. The fourth-order valence-electron chi connectivity index (χ4n) is 1.62. The van der Waals surface area contributed by atoms with Crippen LogP contribution in [0.3, 0.4) is 0 Å². The minimum atomic E-state index is -0.445. The molecule has 0 saturated carbocycles. The van der Waals surface area contributed by atoms with Gasteiger partial charge in [-0.25, -0.2) is 0 Å². The Morgan fingerprint density at radius 1 is 1.53 bits per heavy atom. The van der Waals surface area contributed by atoms with Crippen molar-refractivity contribution in [1.82, 2.24) is 4.90 Å². The maximum Gasteiger partial charge on any atom is 0.224 e. The Balaban J connectivity index is 2.69. The van der Waals surface area contributed by atoms with Crippen LogP contribution in [-0.4, -0.2) is 22.4 Å². The highest BCUT2D eigenvalue weighted by molar-refractivity contribution is 7.09. The second kappa shape index (κ2) is 5.65. The second-order valence-corrected chi connectivity index (χ2v) is 6.39. The third-order valence-corrected chi connectivity index (χ3v) is 3.32. The topological polar surface area (TPSA) is 46.3 Å². The zero-order valence-corrected chi connectivity index (χ0v) is 11.9. The molecule has 1 amide bonds. The van der Waals surface area contributed by atoms with Gasteiger partial charge in [-0.2, -0.15) is 0 Å². The Hall–Kier alpha value is -0.870. The molecule has 1 aromatic rings. The molecule has 17 heavy (non-hydrogen) atoms. The van der Waals surface area contributed by atoms with Crippen LogP contribution < -0.4 is 5.73 Å². The Kier molecular flexibility index (Phi) is 4.71. The third kappa shape index (κ3) is 4.88. The lowest BCUT2D eigenvalue weighted by Gasteiger charge is -2.29. The van der Waals surface area contributed by atoms with E-state index in [4.69, 9.17) is 5.73 Å². The van der Waals surface area contributed by atoms with Gasteiger partial charge in [-0.05, 0) is 39.1 Å². The van der Waals surface area contributed by atoms with Crippen molar-refractivity contribution in [2.45, 2.75) is 52.2 Å². The summed E-state index contributed by atoms with van der Waals surface area (Å²) in [6.07, 6.45) is 0.385. The van der Waals surface area contributed by atoms with Crippen LogP contribution in [0.1, 0.15) is 39.0 Å². The molecule has 0 aromatic carbocycles. The number of nitrogens with zero attached hydrogens (tertiary/aromatic N) is 1. The van der Waals surface area contributed by atoms with Gasteiger partial charge in [0.2, 0.25) is 5.91 Å². The van der Waals surface area contributed by atoms with Crippen LogP contribution in [-0.2, 0) is 11.3 Å². The molecular formula is C13H22N2OS. The summed E-state index contributed by atoms with van der Waals surface area (Å²) in [6.45, 7) is 8.53. The predicted molar refractivity (Wildman–Crippen MR) is 72.9 cm³/mol. The first-order chi connectivity index (χ1) is 7.79. The quantitative estimate of drug-likeness (QED) is 0.878. The van der Waals surface area contributed by atoms with Crippen molar-refractivity contribution < 1.29 is 4.79 Å². The third-order valence-electron chi connectivity index (χ3n) is 2.46. The van der Waals surface area contributed by atoms with E-state index < -0.39 is 5.54 Å². The van der Waals surface area contributed by atoms with Crippen LogP contribution in [0, 0.1) is 0 Å². The van der Waals surface area contributed by atoms with E-state index in [0.717, 1.165) is 0 Å². The van der Waals surface area contributed by atoms with Gasteiger partial charge in [-0.3, -0.25) is 4.79 Å². The molecule has 0 fully saturated rings. The number of amides is 1. The number of hydrogen-bond acceptors (Lipinski definition) is 3. The number of carbonyl (C=O) groups excluding carboxylic acids is 1. The molecule has 0 bridgehead atoms. The summed E-state index contributed by atoms with van der Waals surface area (Å²) in [4.78, 5) is 15.3. The van der Waals surface area contributed by atoms with E-state index in [1.807, 2.05) is 44.0 Å². The van der Waals surface area contributed by atoms with Crippen molar-refractivity contribution in [3.63, 3.8) is 0 Å². The molecule has 0 atom stereocenters. The van der Waals surface area contributed by atoms with Crippen LogP contribution >= 0.6 is 11.3 Å². The van der Waals surface area contributed by atoms with Crippen molar-refractivity contribution in [2.75, 3.05) is 0 Å². The van der Waals surface area contributed by atoms with Crippen molar-refractivity contribution in [3.8, 4) is 0 Å². The monoisotopic (exact) mass is 254 g/mol. The highest BCUT2D eigenvalue weighted by atomic mass is 32.1. The number of hydrogen-bond donors (Lipinski definition) is 1. The number of carbonyl (C=O) groups is 1. The van der Waals surface area contributed by atoms with Crippen LogP contribution in [0.5, 0.6) is 0 Å². The summed E-state index contributed by atoms with van der Waals surface area (Å²) in [7, 11) is 0. The minimum absolute atomic E-state index is 0.126. The number of rotatable bonds is 5. The average Bonchev–Trinajstić information content (AvgIpc) is 2.62. The molecule has 0 aliphatic heterocycles. The first-order valence-electron chi connectivity index (χ1n) is 5.90. The summed E-state index contributed by atoms with van der Waals surface area (Å²) in [5, 5.41) is 2.03. The van der Waals surface area contributed by atoms with Gasteiger partial charge in [0.1, 0.15) is 0 Å². The first kappa shape index (κ1) is 14.2. The molecule has 3 nitrogen and oxygen atoms in total. The SMILES string of the molecule is CC(C)N(Cc1cccs1)C(=O)CC(C)(C)N. The maximum absolute atomic E-state index is 12.2. The smallest absolute Gasteiger partial charge is 0.224 e. The van der Waals surface area contributed by atoms with Crippen molar-refractivity contribution in [2.24, 2.45) is 5.73 Å². The zero-order valence-electron chi connectivity index (χ0n) is 11.1. The summed E-state index contributed by atoms with van der Waals surface area (Å²) in [6, 6.07) is 4.27. The molecule has 1 aromatic heterocycles. The highest BCUT2D eigenvalue weighted by Gasteiger charge is 2.23. The fourth-order valence-corrected chi connectivity index (χ4v) is 2.32. The Bertz CT molecular complexity index is 352. The summed E-state index contributed by atoms with van der Waals surface area (Å²) in [5.41, 5.74) is 5.46. The van der Waals surface area contributed by atoms with E-state index in [2.05, 4.69) is 6.07 Å². The number of nitrogens with two attached hydrogens (primary N) is 1. The molecule has 2 N–H and O–H groups in total. The largest absolute Gasteiger partial charge is 0.335 e. The summed E-state index contributed by atoms with van der Waals surface area (Å²) in [5.74, 6) is 0.126. The summed E-state index contributed by atoms with van der Waals surface area (Å²) >= 11 is 1.68. The van der Waals surface area contributed by atoms with Gasteiger partial charge >= 0.3 is 0 Å². The van der Waals surface area contributed by atoms with E-state index in [9.17, 15) is 4.79 Å². The normalized spacial score (nSPS) is 11.9. The molecule has 0 aliphatic carbocycles. The van der Waals surface area contributed by atoms with E-state index in [1.54, 1.807) is 11.3 Å². The van der Waals surface area contributed by atoms with Gasteiger partial charge in [0, 0.05) is 22.9 Å². The van der Waals surface area contributed by atoms with Crippen molar-refractivity contribution in [1.29, 1.82) is 0 Å². The minimum Gasteiger partial charge on any atom is -0.335 e. The lowest BCUT2D eigenvalue weighted by molar-refractivity contribution is -0.134. The summed E-state index contributed by atoms with van der Waals surface area (Å²) < 4.78 is 0. The van der Waals surface area contributed by atoms with E-state index in [0.29, 0.717) is 13.0 Å². The van der Waals surface area contributed by atoms with Crippen LogP contribution in [0.2, 0.25) is 0 Å². The molecule has 0 spiro atoms. The lowest BCUT2D eigenvalue weighted by atomic mass is 10.0. The van der Waals surface area contributed by atoms with Crippen LogP contribution in [0.25, 0.3) is 0 Å². The van der Waals surface area contributed by atoms with Crippen molar-refractivity contribution in [3.05, 3.63) is 22.4 Å². The molecule has 1 heterocycles. The van der Waals surface area contributed by atoms with E-state index in [-0.39, 0.29) is 11.9 Å². The average molecular weight is 254 g/mol. The van der Waals surface area contributed by atoms with Gasteiger partial charge in [-0.1, -0.05) is 6.07 Å². The molecule has 0 radical (unpaired) electrons. The van der Waals surface area contributed by atoms with Crippen LogP contribution in [0.15, 0.2) is 17.5 Å². The predicted octanol–water partition coefficient (Wildman–Crippen LogP) is 2.61. The molecule has 96 valence electrons. The van der Waals surface area contributed by atoms with Crippen molar-refractivity contribution >= 4 is 17.2 Å². The zero-order chi connectivity index (χ0) is 13.1. The molecule has 0 saturated heterocycles. The van der Waals surface area contributed by atoms with Gasteiger partial charge in [-0.15, -0.1) is 11.3 Å². The van der Waals surface area contributed by atoms with E-state index in [1.165, 1.54) is 4.88 Å². The van der Waals surface area contributed by atoms with Gasteiger partial charge < -0.3 is 10.6 Å². The molecule has 0 aliphatic rings. The Morgan fingerprint density at radius 3 is 2.59 bits per heavy atom. The highest BCUT2D eigenvalue weighted by Crippen LogP contribution is 2.16.